The van der Waals surface area contributed by atoms with E-state index in [1.165, 1.54) is 11.3 Å². The van der Waals surface area contributed by atoms with Crippen LogP contribution >= 0.6 is 30.3 Å². The Hall–Kier alpha value is -2.12. The highest BCUT2D eigenvalue weighted by Crippen LogP contribution is 2.43. The molecule has 0 bridgehead atoms. The molecule has 2 heterocycles. The highest BCUT2D eigenvalue weighted by atomic mass is 127. The highest BCUT2D eigenvalue weighted by molar-refractivity contribution is 14.2. The smallest absolute Gasteiger partial charge is 0.135 e. The van der Waals surface area contributed by atoms with Crippen molar-refractivity contribution >= 4 is 41.6 Å². The van der Waals surface area contributed by atoms with Gasteiger partial charge in [0.1, 0.15) is 11.5 Å². The molecule has 3 aromatic rings. The Labute approximate surface area is 176 Å². The average molecular weight is 486 g/mol. The second-order valence-corrected chi connectivity index (χ2v) is 8.11. The van der Waals surface area contributed by atoms with Crippen LogP contribution in [0, 0.1) is 6.92 Å². The molecule has 27 heavy (non-hydrogen) atoms. The molecule has 1 aliphatic heterocycles. The Bertz CT molecular complexity index is 1040. The van der Waals surface area contributed by atoms with Gasteiger partial charge >= 0.3 is 0 Å². The maximum absolute atomic E-state index is 6.21. The van der Waals surface area contributed by atoms with Crippen molar-refractivity contribution in [3.8, 4) is 11.5 Å². The van der Waals surface area contributed by atoms with Crippen molar-refractivity contribution in [2.75, 3.05) is 7.05 Å². The summed E-state index contributed by atoms with van der Waals surface area (Å²) in [7, 11) is 3.71. The second-order valence-electron chi connectivity index (χ2n) is 6.42. The van der Waals surface area contributed by atoms with Gasteiger partial charge in [0.2, 0.25) is 0 Å². The molecule has 0 amide bonds. The minimum absolute atomic E-state index is 0.830. The van der Waals surface area contributed by atoms with Crippen LogP contribution < -0.4 is 4.74 Å². The van der Waals surface area contributed by atoms with Crippen molar-refractivity contribution in [3.05, 3.63) is 96.0 Å². The van der Waals surface area contributed by atoms with Crippen LogP contribution in [0.25, 0.3) is 11.3 Å². The van der Waals surface area contributed by atoms with Crippen molar-refractivity contribution in [1.82, 2.24) is 8.87 Å². The first-order valence-electron chi connectivity index (χ1n) is 8.58. The van der Waals surface area contributed by atoms with E-state index in [-0.39, 0.29) is 0 Å². The van der Waals surface area contributed by atoms with Gasteiger partial charge in [-0.1, -0.05) is 43.0 Å². The Kier molecular flexibility index (Phi) is 5.06. The number of fused-ring (bicyclic) bond motifs is 1. The van der Waals surface area contributed by atoms with Crippen LogP contribution in [0.2, 0.25) is 0 Å². The van der Waals surface area contributed by atoms with Crippen LogP contribution in [0.15, 0.2) is 73.4 Å². The summed E-state index contributed by atoms with van der Waals surface area (Å²) in [6, 6.07) is 20.3. The van der Waals surface area contributed by atoms with E-state index in [9.17, 15) is 0 Å². The van der Waals surface area contributed by atoms with Gasteiger partial charge in [0.25, 0.3) is 0 Å². The quantitative estimate of drug-likeness (QED) is 0.381. The number of hydrogen-bond donors (Lipinski definition) is 0. The summed E-state index contributed by atoms with van der Waals surface area (Å²) in [5, 5.41) is 0. The summed E-state index contributed by atoms with van der Waals surface area (Å²) in [6.45, 7) is 6.42. The van der Waals surface area contributed by atoms with E-state index >= 15 is 0 Å². The second kappa shape index (κ2) is 7.48. The SMILES string of the molecule is C=C1c2c(cc(C)n2SI)C(c2ccccc2Oc2ccccc2)=CN1C. The third-order valence-corrected chi connectivity index (χ3v) is 6.45. The summed E-state index contributed by atoms with van der Waals surface area (Å²) < 4.78 is 8.43. The predicted octanol–water partition coefficient (Wildman–Crippen LogP) is 6.74. The maximum Gasteiger partial charge on any atom is 0.135 e. The van der Waals surface area contributed by atoms with Crippen LogP contribution in [-0.4, -0.2) is 15.9 Å². The fourth-order valence-corrected chi connectivity index (χ4v) is 5.26. The summed E-state index contributed by atoms with van der Waals surface area (Å²) in [6.07, 6.45) is 2.14. The van der Waals surface area contributed by atoms with Crippen molar-refractivity contribution < 1.29 is 4.74 Å². The molecule has 136 valence electrons. The number of ether oxygens (including phenoxy) is 1. The van der Waals surface area contributed by atoms with E-state index in [2.05, 4.69) is 61.9 Å². The van der Waals surface area contributed by atoms with Gasteiger partial charge in [0.05, 0.1) is 11.4 Å². The van der Waals surface area contributed by atoms with Crippen LogP contribution in [0.1, 0.15) is 22.5 Å². The highest BCUT2D eigenvalue weighted by Gasteiger charge is 2.27. The molecule has 0 N–H and O–H groups in total. The number of nitrogens with zero attached hydrogens (tertiary/aromatic N) is 2. The molecule has 4 rings (SSSR count). The minimum atomic E-state index is 0.830. The summed E-state index contributed by atoms with van der Waals surface area (Å²) in [5.41, 5.74) is 6.72. The first kappa shape index (κ1) is 18.3. The van der Waals surface area contributed by atoms with Gasteiger partial charge in [-0.25, -0.2) is 0 Å². The van der Waals surface area contributed by atoms with Crippen molar-refractivity contribution in [2.24, 2.45) is 0 Å². The van der Waals surface area contributed by atoms with E-state index in [0.717, 1.165) is 34.0 Å². The molecule has 5 heteroatoms. The third kappa shape index (κ3) is 3.30. The molecule has 0 fully saturated rings. The average Bonchev–Trinajstić information content (AvgIpc) is 3.02. The molecule has 0 saturated carbocycles. The number of hydrogen-bond acceptors (Lipinski definition) is 3. The largest absolute Gasteiger partial charge is 0.457 e. The third-order valence-electron chi connectivity index (χ3n) is 4.66. The minimum Gasteiger partial charge on any atom is -0.457 e. The first-order valence-corrected chi connectivity index (χ1v) is 11.9. The van der Waals surface area contributed by atoms with Crippen molar-refractivity contribution in [2.45, 2.75) is 6.92 Å². The summed E-state index contributed by atoms with van der Waals surface area (Å²) in [5.74, 6) is 1.67. The zero-order valence-corrected chi connectivity index (χ0v) is 18.1. The van der Waals surface area contributed by atoms with Crippen LogP contribution in [0.4, 0.5) is 0 Å². The van der Waals surface area contributed by atoms with E-state index in [0.29, 0.717) is 0 Å². The zero-order valence-electron chi connectivity index (χ0n) is 15.1. The molecule has 0 radical (unpaired) electrons. The van der Waals surface area contributed by atoms with Crippen molar-refractivity contribution in [3.63, 3.8) is 0 Å². The maximum atomic E-state index is 6.21. The number of halogens is 1. The van der Waals surface area contributed by atoms with Crippen LogP contribution in [-0.2, 0) is 0 Å². The standard InChI is InChI=1S/C22H19IN2OS/c1-15-13-19-20(14-24(3)16(2)22(19)25(15)27-23)18-11-7-8-12-21(18)26-17-9-5-4-6-10-17/h4-14H,2H2,1,3H3. The summed E-state index contributed by atoms with van der Waals surface area (Å²) in [4.78, 5) is 2.08. The van der Waals surface area contributed by atoms with Crippen LogP contribution in [0.5, 0.6) is 11.5 Å². The Morgan fingerprint density at radius 1 is 1.00 bits per heavy atom. The lowest BCUT2D eigenvalue weighted by Crippen LogP contribution is -2.17. The molecule has 2 aromatic carbocycles. The predicted molar refractivity (Wildman–Crippen MR) is 123 cm³/mol. The number of rotatable bonds is 4. The van der Waals surface area contributed by atoms with Gasteiger partial charge in [-0.15, -0.1) is 0 Å². The number of aromatic nitrogens is 1. The van der Waals surface area contributed by atoms with Gasteiger partial charge in [0.15, 0.2) is 0 Å². The topological polar surface area (TPSA) is 17.4 Å². The van der Waals surface area contributed by atoms with E-state index in [1.807, 2.05) is 55.6 Å². The number of benzene rings is 2. The summed E-state index contributed by atoms with van der Waals surface area (Å²) >= 11 is 2.32. The fourth-order valence-electron chi connectivity index (χ4n) is 3.30. The Balaban J connectivity index is 1.85. The molecule has 1 aliphatic rings. The van der Waals surface area contributed by atoms with E-state index < -0.39 is 0 Å². The Morgan fingerprint density at radius 3 is 2.44 bits per heavy atom. The molecule has 0 unspecified atom stereocenters. The zero-order chi connectivity index (χ0) is 19.0. The van der Waals surface area contributed by atoms with Gasteiger partial charge < -0.3 is 9.64 Å². The lowest BCUT2D eigenvalue weighted by molar-refractivity contribution is 0.481. The van der Waals surface area contributed by atoms with Gasteiger partial charge in [-0.3, -0.25) is 3.97 Å². The molecule has 3 nitrogen and oxygen atoms in total. The van der Waals surface area contributed by atoms with E-state index in [4.69, 9.17) is 4.74 Å². The van der Waals surface area contributed by atoms with Crippen molar-refractivity contribution in [1.29, 1.82) is 0 Å². The van der Waals surface area contributed by atoms with E-state index in [1.54, 1.807) is 9.12 Å². The molecule has 0 atom stereocenters. The Morgan fingerprint density at radius 2 is 1.70 bits per heavy atom. The fraction of sp³-hybridized carbons (Fsp3) is 0.0909. The number of para-hydroxylation sites is 2. The first-order chi connectivity index (χ1) is 13.1. The molecule has 0 saturated heterocycles. The molecular weight excluding hydrogens is 467 g/mol. The van der Waals surface area contributed by atoms with Crippen LogP contribution in [0.3, 0.4) is 0 Å². The van der Waals surface area contributed by atoms with Gasteiger partial charge in [-0.2, -0.15) is 0 Å². The van der Waals surface area contributed by atoms with Gasteiger partial charge in [0, 0.05) is 66.0 Å². The lowest BCUT2D eigenvalue weighted by Gasteiger charge is -2.27. The molecule has 1 aromatic heterocycles. The molecule has 0 aliphatic carbocycles. The normalized spacial score (nSPS) is 13.4. The molecular formula is C22H19IN2OS. The number of aryl methyl sites for hydroxylation is 1. The lowest BCUT2D eigenvalue weighted by atomic mass is 9.94. The molecule has 0 spiro atoms. The van der Waals surface area contributed by atoms with Gasteiger partial charge in [-0.05, 0) is 31.2 Å². The monoisotopic (exact) mass is 486 g/mol.